The van der Waals surface area contributed by atoms with E-state index in [1.54, 1.807) is 36.4 Å². The van der Waals surface area contributed by atoms with Gasteiger partial charge in [0.05, 0.1) is 39.8 Å². The molecule has 0 bridgehead atoms. The first-order valence-corrected chi connectivity index (χ1v) is 10.9. The van der Waals surface area contributed by atoms with Crippen LogP contribution in [0.1, 0.15) is 5.56 Å². The van der Waals surface area contributed by atoms with Gasteiger partial charge in [0.25, 0.3) is 5.91 Å². The Bertz CT molecular complexity index is 1010. The Morgan fingerprint density at radius 3 is 2.33 bits per heavy atom. The van der Waals surface area contributed by atoms with Crippen molar-refractivity contribution < 1.29 is 32.2 Å². The van der Waals surface area contributed by atoms with Gasteiger partial charge in [0.1, 0.15) is 5.75 Å². The van der Waals surface area contributed by atoms with Crippen molar-refractivity contribution in [3.63, 3.8) is 0 Å². The van der Waals surface area contributed by atoms with E-state index >= 15 is 0 Å². The molecule has 0 aliphatic carbocycles. The molecule has 1 amide bonds. The molecule has 0 radical (unpaired) electrons. The molecule has 1 heterocycles. The van der Waals surface area contributed by atoms with Gasteiger partial charge in [-0.3, -0.25) is 9.10 Å². The van der Waals surface area contributed by atoms with Crippen LogP contribution in [0.15, 0.2) is 36.4 Å². The Balaban J connectivity index is 1.77. The van der Waals surface area contributed by atoms with E-state index in [9.17, 15) is 13.2 Å². The van der Waals surface area contributed by atoms with Gasteiger partial charge < -0.3 is 24.3 Å². The predicted octanol–water partition coefficient (Wildman–Crippen LogP) is 1.56. The number of amides is 1. The number of benzene rings is 2. The van der Waals surface area contributed by atoms with E-state index < -0.39 is 22.0 Å². The lowest BCUT2D eigenvalue weighted by Gasteiger charge is -2.33. The SMILES string of the molecule is COc1cc(CNC(=O)[C@H]2CN(S(C)(=O)=O)c3ccccc3O2)cc(OC)c1OC. The first kappa shape index (κ1) is 21.6. The second-order valence-electron chi connectivity index (χ2n) is 6.62. The monoisotopic (exact) mass is 436 g/mol. The number of hydrogen-bond donors (Lipinski definition) is 1. The largest absolute Gasteiger partial charge is 0.493 e. The molecule has 1 aliphatic rings. The van der Waals surface area contributed by atoms with Crippen molar-refractivity contribution in [1.29, 1.82) is 0 Å². The maximum Gasteiger partial charge on any atom is 0.263 e. The number of carbonyl (C=O) groups excluding carboxylic acids is 1. The van der Waals surface area contributed by atoms with Crippen LogP contribution in [0.4, 0.5) is 5.69 Å². The van der Waals surface area contributed by atoms with Crippen molar-refractivity contribution in [2.75, 3.05) is 38.4 Å². The van der Waals surface area contributed by atoms with Crippen molar-refractivity contribution in [3.05, 3.63) is 42.0 Å². The van der Waals surface area contributed by atoms with Crippen LogP contribution in [0, 0.1) is 0 Å². The number of ether oxygens (including phenoxy) is 4. The van der Waals surface area contributed by atoms with Gasteiger partial charge in [0.2, 0.25) is 15.8 Å². The molecule has 0 aromatic heterocycles. The van der Waals surface area contributed by atoms with E-state index in [0.717, 1.165) is 6.26 Å². The molecule has 0 fully saturated rings. The molecule has 30 heavy (non-hydrogen) atoms. The van der Waals surface area contributed by atoms with Gasteiger partial charge in [-0.1, -0.05) is 12.1 Å². The van der Waals surface area contributed by atoms with Crippen LogP contribution in [0.3, 0.4) is 0 Å². The van der Waals surface area contributed by atoms with Crippen molar-refractivity contribution >= 4 is 21.6 Å². The summed E-state index contributed by atoms with van der Waals surface area (Å²) in [6.45, 7) is 0.0485. The van der Waals surface area contributed by atoms with E-state index in [4.69, 9.17) is 18.9 Å². The summed E-state index contributed by atoms with van der Waals surface area (Å²) in [4.78, 5) is 12.7. The van der Waals surface area contributed by atoms with E-state index in [1.165, 1.54) is 25.6 Å². The molecule has 0 saturated carbocycles. The van der Waals surface area contributed by atoms with Crippen molar-refractivity contribution in [1.82, 2.24) is 5.32 Å². The molecule has 2 aromatic rings. The van der Waals surface area contributed by atoms with Crippen LogP contribution < -0.4 is 28.6 Å². The highest BCUT2D eigenvalue weighted by Crippen LogP contribution is 2.38. The van der Waals surface area contributed by atoms with Crippen LogP contribution in [-0.2, 0) is 21.4 Å². The number of nitrogens with one attached hydrogen (secondary N) is 1. The summed E-state index contributed by atoms with van der Waals surface area (Å²) < 4.78 is 47.2. The summed E-state index contributed by atoms with van der Waals surface area (Å²) >= 11 is 0. The number of para-hydroxylation sites is 2. The van der Waals surface area contributed by atoms with Crippen LogP contribution in [0.5, 0.6) is 23.0 Å². The van der Waals surface area contributed by atoms with Crippen molar-refractivity contribution in [2.45, 2.75) is 12.6 Å². The Morgan fingerprint density at radius 1 is 1.13 bits per heavy atom. The number of hydrogen-bond acceptors (Lipinski definition) is 7. The summed E-state index contributed by atoms with van der Waals surface area (Å²) in [6.07, 6.45) is 0.108. The molecule has 0 unspecified atom stereocenters. The van der Waals surface area contributed by atoms with Gasteiger partial charge in [-0.25, -0.2) is 8.42 Å². The van der Waals surface area contributed by atoms with Gasteiger partial charge in [0, 0.05) is 6.54 Å². The number of nitrogens with zero attached hydrogens (tertiary/aromatic N) is 1. The molecule has 1 atom stereocenters. The first-order chi connectivity index (χ1) is 14.3. The first-order valence-electron chi connectivity index (χ1n) is 9.08. The number of fused-ring (bicyclic) bond motifs is 1. The summed E-state index contributed by atoms with van der Waals surface area (Å²) in [5.74, 6) is 1.28. The fourth-order valence-electron chi connectivity index (χ4n) is 3.19. The fraction of sp³-hybridized carbons (Fsp3) is 0.350. The third kappa shape index (κ3) is 4.38. The third-order valence-electron chi connectivity index (χ3n) is 4.62. The highest BCUT2D eigenvalue weighted by molar-refractivity contribution is 7.92. The zero-order valence-corrected chi connectivity index (χ0v) is 18.0. The lowest BCUT2D eigenvalue weighted by atomic mass is 10.1. The Labute approximate surface area is 175 Å². The van der Waals surface area contributed by atoms with Crippen LogP contribution >= 0.6 is 0 Å². The molecule has 10 heteroatoms. The highest BCUT2D eigenvalue weighted by atomic mass is 32.2. The van der Waals surface area contributed by atoms with E-state index in [0.29, 0.717) is 34.2 Å². The third-order valence-corrected chi connectivity index (χ3v) is 5.77. The van der Waals surface area contributed by atoms with E-state index in [2.05, 4.69) is 5.32 Å². The molecule has 0 spiro atoms. The summed E-state index contributed by atoms with van der Waals surface area (Å²) in [6, 6.07) is 10.1. The van der Waals surface area contributed by atoms with Gasteiger partial charge in [0.15, 0.2) is 17.6 Å². The number of sulfonamides is 1. The minimum atomic E-state index is -3.57. The number of anilines is 1. The Morgan fingerprint density at radius 2 is 1.77 bits per heavy atom. The topological polar surface area (TPSA) is 103 Å². The lowest BCUT2D eigenvalue weighted by molar-refractivity contribution is -0.127. The predicted molar refractivity (Wildman–Crippen MR) is 111 cm³/mol. The van der Waals surface area contributed by atoms with E-state index in [-0.39, 0.29) is 13.1 Å². The molecule has 2 aromatic carbocycles. The summed E-state index contributed by atoms with van der Waals surface area (Å²) in [5, 5.41) is 2.77. The highest BCUT2D eigenvalue weighted by Gasteiger charge is 2.34. The minimum absolute atomic E-state index is 0.114. The Kier molecular flexibility index (Phi) is 6.25. The number of rotatable bonds is 7. The van der Waals surface area contributed by atoms with Gasteiger partial charge in [-0.2, -0.15) is 0 Å². The molecule has 3 rings (SSSR count). The van der Waals surface area contributed by atoms with Crippen LogP contribution in [0.25, 0.3) is 0 Å². The van der Waals surface area contributed by atoms with E-state index in [1.807, 2.05) is 0 Å². The van der Waals surface area contributed by atoms with Crippen LogP contribution in [-0.4, -0.2) is 54.6 Å². The minimum Gasteiger partial charge on any atom is -0.493 e. The smallest absolute Gasteiger partial charge is 0.263 e. The molecule has 1 aliphatic heterocycles. The summed E-state index contributed by atoms with van der Waals surface area (Å²) in [5.41, 5.74) is 1.13. The average molecular weight is 436 g/mol. The van der Waals surface area contributed by atoms with Crippen molar-refractivity contribution in [2.24, 2.45) is 0 Å². The molecular formula is C20H24N2O7S. The average Bonchev–Trinajstić information content (AvgIpc) is 2.74. The quantitative estimate of drug-likeness (QED) is 0.702. The zero-order chi connectivity index (χ0) is 21.9. The molecule has 162 valence electrons. The summed E-state index contributed by atoms with van der Waals surface area (Å²) in [7, 11) is 0.949. The normalized spacial score (nSPS) is 15.6. The lowest BCUT2D eigenvalue weighted by Crippen LogP contribution is -2.50. The van der Waals surface area contributed by atoms with Crippen LogP contribution in [0.2, 0.25) is 0 Å². The fourth-order valence-corrected chi connectivity index (χ4v) is 4.11. The zero-order valence-electron chi connectivity index (χ0n) is 17.2. The number of methoxy groups -OCH3 is 3. The second-order valence-corrected chi connectivity index (χ2v) is 8.53. The van der Waals surface area contributed by atoms with Crippen molar-refractivity contribution in [3.8, 4) is 23.0 Å². The molecule has 0 saturated heterocycles. The maximum absolute atomic E-state index is 12.7. The maximum atomic E-state index is 12.7. The standard InChI is InChI=1S/C20H24N2O7S/c1-26-16-9-13(10-17(27-2)19(16)28-3)11-21-20(23)18-12-22(30(4,24)25)14-7-5-6-8-15(14)29-18/h5-10,18H,11-12H2,1-4H3,(H,21,23)/t18-/m1/s1. The molecular weight excluding hydrogens is 412 g/mol. The van der Waals surface area contributed by atoms with Gasteiger partial charge >= 0.3 is 0 Å². The van der Waals surface area contributed by atoms with Gasteiger partial charge in [-0.15, -0.1) is 0 Å². The molecule has 9 nitrogen and oxygen atoms in total. The Hall–Kier alpha value is -3.14. The number of carbonyl (C=O) groups is 1. The van der Waals surface area contributed by atoms with Gasteiger partial charge in [-0.05, 0) is 29.8 Å². The second kappa shape index (κ2) is 8.70. The molecule has 1 N–H and O–H groups in total.